The molecule has 0 saturated carbocycles. The number of anilines is 2. The Labute approximate surface area is 179 Å². The molecule has 154 valence electrons. The highest BCUT2D eigenvalue weighted by atomic mass is 35.5. The van der Waals surface area contributed by atoms with Crippen molar-refractivity contribution in [1.29, 1.82) is 0 Å². The van der Waals surface area contributed by atoms with Crippen LogP contribution in [-0.4, -0.2) is 25.0 Å². The lowest BCUT2D eigenvalue weighted by atomic mass is 10.2. The van der Waals surface area contributed by atoms with Crippen molar-refractivity contribution in [3.05, 3.63) is 83.4 Å². The summed E-state index contributed by atoms with van der Waals surface area (Å²) in [6, 6.07) is 20.6. The third-order valence-corrected chi connectivity index (χ3v) is 4.36. The molecule has 3 rings (SSSR count). The van der Waals surface area contributed by atoms with Crippen molar-refractivity contribution in [2.45, 2.75) is 6.92 Å². The normalized spacial score (nSPS) is 10.2. The van der Waals surface area contributed by atoms with Gasteiger partial charge in [0.25, 0.3) is 11.8 Å². The van der Waals surface area contributed by atoms with Gasteiger partial charge >= 0.3 is 0 Å². The number of halogens is 1. The summed E-state index contributed by atoms with van der Waals surface area (Å²) in [4.78, 5) is 24.4. The zero-order valence-electron chi connectivity index (χ0n) is 16.4. The second-order valence-corrected chi connectivity index (χ2v) is 6.66. The van der Waals surface area contributed by atoms with Gasteiger partial charge in [-0.1, -0.05) is 23.7 Å². The van der Waals surface area contributed by atoms with Gasteiger partial charge in [0, 0.05) is 16.9 Å². The second-order valence-electron chi connectivity index (χ2n) is 6.26. The topological polar surface area (TPSA) is 76.7 Å². The maximum Gasteiger partial charge on any atom is 0.262 e. The van der Waals surface area contributed by atoms with E-state index < -0.39 is 0 Å². The monoisotopic (exact) mass is 424 g/mol. The maximum atomic E-state index is 12.4. The smallest absolute Gasteiger partial charge is 0.262 e. The molecule has 7 heteroatoms. The van der Waals surface area contributed by atoms with Crippen LogP contribution in [0.3, 0.4) is 0 Å². The van der Waals surface area contributed by atoms with E-state index in [0.717, 1.165) is 5.75 Å². The van der Waals surface area contributed by atoms with Crippen LogP contribution in [0.1, 0.15) is 17.3 Å². The van der Waals surface area contributed by atoms with Crippen LogP contribution in [-0.2, 0) is 4.79 Å². The number of para-hydroxylation sites is 1. The Bertz CT molecular complexity index is 1000. The first-order valence-electron chi connectivity index (χ1n) is 9.36. The van der Waals surface area contributed by atoms with E-state index in [4.69, 9.17) is 21.1 Å². The number of carbonyl (C=O) groups excluding carboxylic acids is 2. The zero-order chi connectivity index (χ0) is 21.3. The quantitative estimate of drug-likeness (QED) is 0.533. The molecule has 0 aliphatic carbocycles. The van der Waals surface area contributed by atoms with E-state index in [1.807, 2.05) is 6.92 Å². The van der Waals surface area contributed by atoms with Crippen LogP contribution < -0.4 is 20.1 Å². The average Bonchev–Trinajstić information content (AvgIpc) is 2.75. The minimum atomic E-state index is -0.332. The molecule has 3 aromatic rings. The molecule has 0 aliphatic rings. The summed E-state index contributed by atoms with van der Waals surface area (Å²) in [5.41, 5.74) is 1.69. The Balaban J connectivity index is 1.51. The Morgan fingerprint density at radius 1 is 0.833 bits per heavy atom. The van der Waals surface area contributed by atoms with Crippen molar-refractivity contribution in [3.8, 4) is 11.5 Å². The summed E-state index contributed by atoms with van der Waals surface area (Å²) in [6.45, 7) is 2.32. The molecule has 0 aromatic heterocycles. The van der Waals surface area contributed by atoms with Crippen LogP contribution in [0.5, 0.6) is 11.5 Å². The third kappa shape index (κ3) is 5.99. The van der Waals surface area contributed by atoms with Crippen LogP contribution in [0.4, 0.5) is 11.4 Å². The predicted molar refractivity (Wildman–Crippen MR) is 118 cm³/mol. The first kappa shape index (κ1) is 21.2. The number of benzene rings is 3. The van der Waals surface area contributed by atoms with Gasteiger partial charge in [0.2, 0.25) is 0 Å². The first-order valence-corrected chi connectivity index (χ1v) is 9.74. The summed E-state index contributed by atoms with van der Waals surface area (Å²) < 4.78 is 10.8. The van der Waals surface area contributed by atoms with Crippen molar-refractivity contribution in [2.75, 3.05) is 23.8 Å². The highest BCUT2D eigenvalue weighted by Gasteiger charge is 2.09. The molecule has 0 heterocycles. The van der Waals surface area contributed by atoms with Crippen molar-refractivity contribution < 1.29 is 19.1 Å². The summed E-state index contributed by atoms with van der Waals surface area (Å²) >= 11 is 5.99. The standard InChI is InChI=1S/C23H21ClN2O4/c1-2-29-19-13-11-18(12-14-19)26-23(28)16-7-9-17(10-8-16)25-22(27)15-30-21-6-4-3-5-20(21)24/h3-14H,2,15H2,1H3,(H,25,27)(H,26,28). The van der Waals surface area contributed by atoms with E-state index in [1.165, 1.54) is 0 Å². The molecule has 0 radical (unpaired) electrons. The maximum absolute atomic E-state index is 12.4. The van der Waals surface area contributed by atoms with Crippen LogP contribution in [0.2, 0.25) is 5.02 Å². The molecule has 0 bridgehead atoms. The van der Waals surface area contributed by atoms with Crippen molar-refractivity contribution in [1.82, 2.24) is 0 Å². The number of carbonyl (C=O) groups is 2. The summed E-state index contributed by atoms with van der Waals surface area (Å²) in [5.74, 6) is 0.602. The molecule has 30 heavy (non-hydrogen) atoms. The van der Waals surface area contributed by atoms with Gasteiger partial charge in [-0.25, -0.2) is 0 Å². The molecule has 2 amide bonds. The Morgan fingerprint density at radius 2 is 1.47 bits per heavy atom. The number of ether oxygens (including phenoxy) is 2. The van der Waals surface area contributed by atoms with Gasteiger partial charge in [-0.2, -0.15) is 0 Å². The lowest BCUT2D eigenvalue weighted by Gasteiger charge is -2.10. The predicted octanol–water partition coefficient (Wildman–Crippen LogP) is 5.01. The van der Waals surface area contributed by atoms with Gasteiger partial charge in [0.05, 0.1) is 11.6 Å². The Hall–Kier alpha value is -3.51. The Morgan fingerprint density at radius 3 is 2.13 bits per heavy atom. The molecular weight excluding hydrogens is 404 g/mol. The van der Waals surface area contributed by atoms with Gasteiger partial charge in [0.1, 0.15) is 11.5 Å². The first-order chi connectivity index (χ1) is 14.5. The van der Waals surface area contributed by atoms with E-state index in [-0.39, 0.29) is 18.4 Å². The minimum Gasteiger partial charge on any atom is -0.494 e. The lowest BCUT2D eigenvalue weighted by Crippen LogP contribution is -2.20. The fraction of sp³-hybridized carbons (Fsp3) is 0.130. The largest absolute Gasteiger partial charge is 0.494 e. The third-order valence-electron chi connectivity index (χ3n) is 4.05. The van der Waals surface area contributed by atoms with Crippen LogP contribution >= 0.6 is 11.6 Å². The summed E-state index contributed by atoms with van der Waals surface area (Å²) in [6.07, 6.45) is 0. The average molecular weight is 425 g/mol. The van der Waals surface area contributed by atoms with Crippen LogP contribution in [0.15, 0.2) is 72.8 Å². The highest BCUT2D eigenvalue weighted by molar-refractivity contribution is 6.32. The fourth-order valence-corrected chi connectivity index (χ4v) is 2.80. The van der Waals surface area contributed by atoms with Gasteiger partial charge in [-0.15, -0.1) is 0 Å². The van der Waals surface area contributed by atoms with Crippen molar-refractivity contribution in [2.24, 2.45) is 0 Å². The molecule has 0 fully saturated rings. The summed E-state index contributed by atoms with van der Waals surface area (Å²) in [5, 5.41) is 5.97. The van der Waals surface area contributed by atoms with Gasteiger partial charge < -0.3 is 20.1 Å². The number of nitrogens with one attached hydrogen (secondary N) is 2. The number of amides is 2. The van der Waals surface area contributed by atoms with Crippen LogP contribution in [0, 0.1) is 0 Å². The van der Waals surface area contributed by atoms with Crippen molar-refractivity contribution >= 4 is 34.8 Å². The lowest BCUT2D eigenvalue weighted by molar-refractivity contribution is -0.118. The van der Waals surface area contributed by atoms with E-state index in [9.17, 15) is 9.59 Å². The molecular formula is C23H21ClN2O4. The summed E-state index contributed by atoms with van der Waals surface area (Å²) in [7, 11) is 0. The molecule has 0 atom stereocenters. The number of hydrogen-bond acceptors (Lipinski definition) is 4. The molecule has 2 N–H and O–H groups in total. The highest BCUT2D eigenvalue weighted by Crippen LogP contribution is 2.23. The number of rotatable bonds is 8. The van der Waals surface area contributed by atoms with Crippen molar-refractivity contribution in [3.63, 3.8) is 0 Å². The molecule has 6 nitrogen and oxygen atoms in total. The van der Waals surface area contributed by atoms with Crippen LogP contribution in [0.25, 0.3) is 0 Å². The molecule has 0 spiro atoms. The van der Waals surface area contributed by atoms with E-state index in [1.54, 1.807) is 72.8 Å². The fourth-order valence-electron chi connectivity index (χ4n) is 2.61. The second kappa shape index (κ2) is 10.3. The SMILES string of the molecule is CCOc1ccc(NC(=O)c2ccc(NC(=O)COc3ccccc3Cl)cc2)cc1. The van der Waals surface area contributed by atoms with E-state index >= 15 is 0 Å². The zero-order valence-corrected chi connectivity index (χ0v) is 17.1. The van der Waals surface area contributed by atoms with E-state index in [0.29, 0.717) is 34.3 Å². The molecule has 3 aromatic carbocycles. The Kier molecular flexibility index (Phi) is 7.29. The van der Waals surface area contributed by atoms with Gasteiger partial charge in [-0.3, -0.25) is 9.59 Å². The number of hydrogen-bond donors (Lipinski definition) is 2. The molecule has 0 saturated heterocycles. The van der Waals surface area contributed by atoms with Gasteiger partial charge in [-0.05, 0) is 67.6 Å². The van der Waals surface area contributed by atoms with Gasteiger partial charge in [0.15, 0.2) is 6.61 Å². The molecule has 0 unspecified atom stereocenters. The molecule has 0 aliphatic heterocycles. The van der Waals surface area contributed by atoms with E-state index in [2.05, 4.69) is 10.6 Å². The minimum absolute atomic E-state index is 0.177.